The summed E-state index contributed by atoms with van der Waals surface area (Å²) in [5.41, 5.74) is 3.74. The number of fused-ring (bicyclic) bond motifs is 1. The molecule has 0 aliphatic rings. The predicted molar refractivity (Wildman–Crippen MR) is 94.8 cm³/mol. The molecule has 4 rings (SSSR count). The minimum Gasteiger partial charge on any atom is -0.310 e. The van der Waals surface area contributed by atoms with Crippen molar-refractivity contribution in [3.05, 3.63) is 95.3 Å². The lowest BCUT2D eigenvalue weighted by Gasteiger charge is -2.12. The molecule has 116 valence electrons. The molecule has 0 radical (unpaired) electrons. The zero-order valence-electron chi connectivity index (χ0n) is 13.0. The molecule has 3 aromatic heterocycles. The Morgan fingerprint density at radius 2 is 1.67 bits per heavy atom. The number of hydrogen-bond donors (Lipinski definition) is 0. The van der Waals surface area contributed by atoms with E-state index in [4.69, 9.17) is 0 Å². The van der Waals surface area contributed by atoms with Gasteiger partial charge in [-0.2, -0.15) is 0 Å². The lowest BCUT2D eigenvalue weighted by molar-refractivity contribution is 0.767. The van der Waals surface area contributed by atoms with Crippen LogP contribution >= 0.6 is 0 Å². The molecule has 0 saturated carbocycles. The van der Waals surface area contributed by atoms with Crippen molar-refractivity contribution in [2.75, 3.05) is 0 Å². The highest BCUT2D eigenvalue weighted by atomic mass is 16.1. The second-order valence-electron chi connectivity index (χ2n) is 5.60. The third-order valence-corrected chi connectivity index (χ3v) is 4.03. The van der Waals surface area contributed by atoms with E-state index in [2.05, 4.69) is 9.97 Å². The van der Waals surface area contributed by atoms with Gasteiger partial charge < -0.3 is 4.57 Å². The maximum absolute atomic E-state index is 12.8. The summed E-state index contributed by atoms with van der Waals surface area (Å²) in [6.45, 7) is 0.506. The first-order valence-electron chi connectivity index (χ1n) is 7.75. The summed E-state index contributed by atoms with van der Waals surface area (Å²) in [4.78, 5) is 21.3. The molecule has 1 aromatic carbocycles. The van der Waals surface area contributed by atoms with Crippen molar-refractivity contribution in [3.8, 4) is 11.1 Å². The highest BCUT2D eigenvalue weighted by molar-refractivity contribution is 5.92. The van der Waals surface area contributed by atoms with E-state index < -0.39 is 0 Å². The summed E-state index contributed by atoms with van der Waals surface area (Å²) in [5, 5.41) is 0.632. The average molecular weight is 313 g/mol. The lowest BCUT2D eigenvalue weighted by Crippen LogP contribution is -2.21. The van der Waals surface area contributed by atoms with Crippen LogP contribution in [0.25, 0.3) is 22.0 Å². The third-order valence-electron chi connectivity index (χ3n) is 4.03. The van der Waals surface area contributed by atoms with Gasteiger partial charge in [0.05, 0.1) is 17.4 Å². The molecule has 0 saturated heterocycles. The topological polar surface area (TPSA) is 47.8 Å². The van der Waals surface area contributed by atoms with Gasteiger partial charge in [0.2, 0.25) is 0 Å². The van der Waals surface area contributed by atoms with E-state index in [1.165, 1.54) is 0 Å². The van der Waals surface area contributed by atoms with Gasteiger partial charge in [-0.25, -0.2) is 0 Å². The first-order chi connectivity index (χ1) is 11.8. The standard InChI is InChI=1S/C20H15N3O/c24-20-17-7-4-10-22-19(17)18(16-5-2-1-3-6-16)14-23(20)13-15-8-11-21-12-9-15/h1-12,14H,13H2. The molecule has 0 spiro atoms. The van der Waals surface area contributed by atoms with E-state index >= 15 is 0 Å². The van der Waals surface area contributed by atoms with Gasteiger partial charge in [0.25, 0.3) is 5.56 Å². The zero-order valence-corrected chi connectivity index (χ0v) is 13.0. The fourth-order valence-corrected chi connectivity index (χ4v) is 2.85. The van der Waals surface area contributed by atoms with Crippen LogP contribution in [0, 0.1) is 0 Å². The smallest absolute Gasteiger partial charge is 0.260 e. The van der Waals surface area contributed by atoms with Gasteiger partial charge in [0.1, 0.15) is 0 Å². The van der Waals surface area contributed by atoms with Gasteiger partial charge in [0, 0.05) is 30.4 Å². The summed E-state index contributed by atoms with van der Waals surface area (Å²) < 4.78 is 1.74. The van der Waals surface area contributed by atoms with E-state index in [0.717, 1.165) is 22.2 Å². The molecule has 0 unspecified atom stereocenters. The molecule has 0 atom stereocenters. The zero-order chi connectivity index (χ0) is 16.4. The van der Waals surface area contributed by atoms with Crippen LogP contribution in [0.2, 0.25) is 0 Å². The van der Waals surface area contributed by atoms with Gasteiger partial charge >= 0.3 is 0 Å². The Morgan fingerprint density at radius 3 is 2.46 bits per heavy atom. The maximum Gasteiger partial charge on any atom is 0.260 e. The van der Waals surface area contributed by atoms with Crippen molar-refractivity contribution in [1.82, 2.24) is 14.5 Å². The number of pyridine rings is 3. The van der Waals surface area contributed by atoms with Crippen molar-refractivity contribution in [3.63, 3.8) is 0 Å². The number of rotatable bonds is 3. The molecule has 0 bridgehead atoms. The molecule has 4 heteroatoms. The second-order valence-corrected chi connectivity index (χ2v) is 5.60. The minimum absolute atomic E-state index is 0.0328. The predicted octanol–water partition coefficient (Wildman–Crippen LogP) is 3.51. The van der Waals surface area contributed by atoms with Gasteiger partial charge in [-0.05, 0) is 35.4 Å². The summed E-state index contributed by atoms with van der Waals surface area (Å²) in [6, 6.07) is 17.5. The van der Waals surface area contributed by atoms with Crippen LogP contribution in [0.1, 0.15) is 5.56 Å². The van der Waals surface area contributed by atoms with E-state index in [-0.39, 0.29) is 5.56 Å². The normalized spacial score (nSPS) is 10.8. The molecule has 0 fully saturated rings. The summed E-state index contributed by atoms with van der Waals surface area (Å²) in [7, 11) is 0. The van der Waals surface area contributed by atoms with Crippen molar-refractivity contribution in [2.24, 2.45) is 0 Å². The fraction of sp³-hybridized carbons (Fsp3) is 0.0500. The first kappa shape index (κ1) is 14.3. The van der Waals surface area contributed by atoms with E-state index in [0.29, 0.717) is 11.9 Å². The summed E-state index contributed by atoms with van der Waals surface area (Å²) in [6.07, 6.45) is 7.09. The third kappa shape index (κ3) is 2.58. The molecular formula is C20H15N3O. The second kappa shape index (κ2) is 6.08. The number of nitrogens with zero attached hydrogens (tertiary/aromatic N) is 3. The molecule has 4 aromatic rings. The van der Waals surface area contributed by atoms with Crippen LogP contribution in [-0.2, 0) is 6.54 Å². The highest BCUT2D eigenvalue weighted by Gasteiger charge is 2.11. The maximum atomic E-state index is 12.8. The molecule has 0 aliphatic heterocycles. The largest absolute Gasteiger partial charge is 0.310 e. The van der Waals surface area contributed by atoms with Crippen molar-refractivity contribution >= 4 is 10.9 Å². The summed E-state index contributed by atoms with van der Waals surface area (Å²) >= 11 is 0. The van der Waals surface area contributed by atoms with Crippen molar-refractivity contribution in [1.29, 1.82) is 0 Å². The van der Waals surface area contributed by atoms with Crippen LogP contribution in [0.4, 0.5) is 0 Å². The van der Waals surface area contributed by atoms with Crippen LogP contribution in [0.15, 0.2) is 84.2 Å². The molecule has 0 N–H and O–H groups in total. The Balaban J connectivity index is 1.95. The van der Waals surface area contributed by atoms with Gasteiger partial charge in [-0.1, -0.05) is 30.3 Å². The monoisotopic (exact) mass is 313 g/mol. The lowest BCUT2D eigenvalue weighted by atomic mass is 10.0. The van der Waals surface area contributed by atoms with E-state index in [1.54, 1.807) is 29.2 Å². The Labute approximate surface area is 139 Å². The first-order valence-corrected chi connectivity index (χ1v) is 7.75. The number of hydrogen-bond acceptors (Lipinski definition) is 3. The fourth-order valence-electron chi connectivity index (χ4n) is 2.85. The van der Waals surface area contributed by atoms with Crippen LogP contribution in [0.5, 0.6) is 0 Å². The average Bonchev–Trinajstić information content (AvgIpc) is 2.66. The molecule has 24 heavy (non-hydrogen) atoms. The molecular weight excluding hydrogens is 298 g/mol. The Morgan fingerprint density at radius 1 is 0.875 bits per heavy atom. The summed E-state index contributed by atoms with van der Waals surface area (Å²) in [5.74, 6) is 0. The molecule has 3 heterocycles. The quantitative estimate of drug-likeness (QED) is 0.581. The van der Waals surface area contributed by atoms with Crippen LogP contribution in [0.3, 0.4) is 0 Å². The minimum atomic E-state index is -0.0328. The van der Waals surface area contributed by atoms with Gasteiger partial charge in [0.15, 0.2) is 0 Å². The SMILES string of the molecule is O=c1c2cccnc2c(-c2ccccc2)cn1Cc1ccncc1. The molecule has 4 nitrogen and oxygen atoms in total. The van der Waals surface area contributed by atoms with Gasteiger partial charge in [-0.3, -0.25) is 14.8 Å². The van der Waals surface area contributed by atoms with Crippen LogP contribution < -0.4 is 5.56 Å². The van der Waals surface area contributed by atoms with Crippen molar-refractivity contribution < 1.29 is 0 Å². The van der Waals surface area contributed by atoms with Crippen LogP contribution in [-0.4, -0.2) is 14.5 Å². The molecule has 0 aliphatic carbocycles. The number of benzene rings is 1. The number of aromatic nitrogens is 3. The van der Waals surface area contributed by atoms with Gasteiger partial charge in [-0.15, -0.1) is 0 Å². The van der Waals surface area contributed by atoms with Crippen molar-refractivity contribution in [2.45, 2.75) is 6.54 Å². The Kier molecular flexibility index (Phi) is 3.63. The van der Waals surface area contributed by atoms with E-state index in [1.807, 2.05) is 54.7 Å². The van der Waals surface area contributed by atoms with E-state index in [9.17, 15) is 4.79 Å². The molecule has 0 amide bonds. The Hall–Kier alpha value is -3.27. The Bertz CT molecular complexity index is 1040. The highest BCUT2D eigenvalue weighted by Crippen LogP contribution is 2.25.